The summed E-state index contributed by atoms with van der Waals surface area (Å²) in [5.74, 6) is 0. The first-order chi connectivity index (χ1) is 13.1. The highest BCUT2D eigenvalue weighted by Crippen LogP contribution is 2.43. The van der Waals surface area contributed by atoms with E-state index in [1.165, 1.54) is 89.9 Å². The van der Waals surface area contributed by atoms with Crippen LogP contribution in [0.25, 0.3) is 0 Å². The maximum atomic E-state index is 11.6. The SMILES string of the molecule is CCCCCCCCCCCCCCCCCCOP(=O)(O)OCCCC. The molecule has 0 aromatic rings. The van der Waals surface area contributed by atoms with Crippen LogP contribution in [0.5, 0.6) is 0 Å². The summed E-state index contributed by atoms with van der Waals surface area (Å²) in [6, 6.07) is 0. The van der Waals surface area contributed by atoms with Crippen LogP contribution < -0.4 is 0 Å². The molecule has 5 heteroatoms. The highest BCUT2D eigenvalue weighted by molar-refractivity contribution is 7.47. The molecule has 0 amide bonds. The molecule has 0 aliphatic rings. The van der Waals surface area contributed by atoms with Gasteiger partial charge in [-0.15, -0.1) is 0 Å². The van der Waals surface area contributed by atoms with Gasteiger partial charge < -0.3 is 4.89 Å². The summed E-state index contributed by atoms with van der Waals surface area (Å²) in [7, 11) is -3.81. The molecule has 0 radical (unpaired) electrons. The fraction of sp³-hybridized carbons (Fsp3) is 1.00. The minimum Gasteiger partial charge on any atom is -0.302 e. The van der Waals surface area contributed by atoms with Crippen LogP contribution in [0.15, 0.2) is 0 Å². The Labute approximate surface area is 169 Å². The van der Waals surface area contributed by atoms with Gasteiger partial charge in [0.1, 0.15) is 0 Å². The van der Waals surface area contributed by atoms with Crippen molar-refractivity contribution in [2.75, 3.05) is 13.2 Å². The lowest BCUT2D eigenvalue weighted by Gasteiger charge is -2.11. The second kappa shape index (κ2) is 20.8. The van der Waals surface area contributed by atoms with Gasteiger partial charge in [-0.05, 0) is 12.8 Å². The average molecular weight is 407 g/mol. The molecule has 1 atom stereocenters. The van der Waals surface area contributed by atoms with Gasteiger partial charge in [0.2, 0.25) is 0 Å². The molecule has 0 spiro atoms. The molecular weight excluding hydrogens is 359 g/mol. The summed E-state index contributed by atoms with van der Waals surface area (Å²) in [6.07, 6.45) is 22.8. The van der Waals surface area contributed by atoms with Gasteiger partial charge in [0.15, 0.2) is 0 Å². The van der Waals surface area contributed by atoms with Gasteiger partial charge in [0.05, 0.1) is 13.2 Å². The summed E-state index contributed by atoms with van der Waals surface area (Å²) in [5, 5.41) is 0. The molecule has 0 aliphatic heterocycles. The minimum absolute atomic E-state index is 0.295. The van der Waals surface area contributed by atoms with Crippen LogP contribution in [0.4, 0.5) is 0 Å². The molecule has 4 nitrogen and oxygen atoms in total. The van der Waals surface area contributed by atoms with E-state index >= 15 is 0 Å². The van der Waals surface area contributed by atoms with Crippen LogP contribution in [0.1, 0.15) is 129 Å². The predicted octanol–water partition coefficient (Wildman–Crippen LogP) is 8.18. The Bertz CT molecular complexity index is 336. The van der Waals surface area contributed by atoms with Crippen molar-refractivity contribution in [1.82, 2.24) is 0 Å². The molecule has 1 unspecified atom stereocenters. The number of phosphoric acid groups is 1. The van der Waals surface area contributed by atoms with Crippen molar-refractivity contribution in [3.8, 4) is 0 Å². The standard InChI is InChI=1S/C22H47O4P/c1-3-5-7-8-9-10-11-12-13-14-15-16-17-18-19-20-22-26-27(23,24)25-21-6-4-2/h3-22H2,1-2H3,(H,23,24). The Hall–Kier alpha value is 0.110. The van der Waals surface area contributed by atoms with Gasteiger partial charge >= 0.3 is 7.82 Å². The molecule has 0 heterocycles. The summed E-state index contributed by atoms with van der Waals surface area (Å²) in [4.78, 5) is 9.48. The zero-order chi connectivity index (χ0) is 20.1. The molecule has 0 rings (SSSR count). The number of hydrogen-bond acceptors (Lipinski definition) is 3. The lowest BCUT2D eigenvalue weighted by molar-refractivity contribution is 0.146. The van der Waals surface area contributed by atoms with Crippen molar-refractivity contribution in [3.63, 3.8) is 0 Å². The molecule has 0 aromatic carbocycles. The molecule has 0 saturated carbocycles. The molecule has 0 fully saturated rings. The van der Waals surface area contributed by atoms with Crippen molar-refractivity contribution in [2.24, 2.45) is 0 Å². The van der Waals surface area contributed by atoms with Crippen LogP contribution in [0.2, 0.25) is 0 Å². The third-order valence-corrected chi connectivity index (χ3v) is 6.02. The van der Waals surface area contributed by atoms with E-state index in [9.17, 15) is 9.46 Å². The van der Waals surface area contributed by atoms with Crippen molar-refractivity contribution in [2.45, 2.75) is 129 Å². The van der Waals surface area contributed by atoms with E-state index in [2.05, 4.69) is 6.92 Å². The zero-order valence-corrected chi connectivity index (χ0v) is 19.2. The number of phosphoric ester groups is 1. The van der Waals surface area contributed by atoms with Gasteiger partial charge in [-0.1, -0.05) is 117 Å². The highest BCUT2D eigenvalue weighted by Gasteiger charge is 2.19. The molecule has 1 N–H and O–H groups in total. The van der Waals surface area contributed by atoms with Crippen LogP contribution in [0, 0.1) is 0 Å². The van der Waals surface area contributed by atoms with E-state index < -0.39 is 7.82 Å². The lowest BCUT2D eigenvalue weighted by Crippen LogP contribution is -1.98. The zero-order valence-electron chi connectivity index (χ0n) is 18.3. The first kappa shape index (κ1) is 27.1. The molecule has 164 valence electrons. The summed E-state index contributed by atoms with van der Waals surface area (Å²) in [5.41, 5.74) is 0. The monoisotopic (exact) mass is 406 g/mol. The minimum atomic E-state index is -3.81. The number of hydrogen-bond donors (Lipinski definition) is 1. The largest absolute Gasteiger partial charge is 0.472 e. The lowest BCUT2D eigenvalue weighted by atomic mass is 10.0. The maximum Gasteiger partial charge on any atom is 0.472 e. The summed E-state index contributed by atoms with van der Waals surface area (Å²) >= 11 is 0. The first-order valence-electron chi connectivity index (χ1n) is 11.7. The van der Waals surface area contributed by atoms with Gasteiger partial charge in [-0.3, -0.25) is 9.05 Å². The van der Waals surface area contributed by atoms with E-state index in [1.807, 2.05) is 6.92 Å². The topological polar surface area (TPSA) is 55.8 Å². The van der Waals surface area contributed by atoms with Gasteiger partial charge in [-0.25, -0.2) is 4.57 Å². The number of rotatable bonds is 22. The summed E-state index contributed by atoms with van der Waals surface area (Å²) in [6.45, 7) is 4.90. The van der Waals surface area contributed by atoms with Gasteiger partial charge in [-0.2, -0.15) is 0 Å². The Morgan fingerprint density at radius 2 is 0.815 bits per heavy atom. The Morgan fingerprint density at radius 1 is 0.519 bits per heavy atom. The Kier molecular flexibility index (Phi) is 20.9. The third kappa shape index (κ3) is 22.3. The highest BCUT2D eigenvalue weighted by atomic mass is 31.2. The van der Waals surface area contributed by atoms with E-state index in [-0.39, 0.29) is 0 Å². The molecule has 0 saturated heterocycles. The number of unbranched alkanes of at least 4 members (excludes halogenated alkanes) is 16. The fourth-order valence-corrected chi connectivity index (χ4v) is 3.99. The Morgan fingerprint density at radius 3 is 1.19 bits per heavy atom. The Balaban J connectivity index is 3.17. The smallest absolute Gasteiger partial charge is 0.302 e. The van der Waals surface area contributed by atoms with E-state index in [1.54, 1.807) is 0 Å². The second-order valence-electron chi connectivity index (χ2n) is 7.79. The molecule has 27 heavy (non-hydrogen) atoms. The van der Waals surface area contributed by atoms with Crippen molar-refractivity contribution < 1.29 is 18.5 Å². The third-order valence-electron chi connectivity index (χ3n) is 5.00. The quantitative estimate of drug-likeness (QED) is 0.145. The predicted molar refractivity (Wildman–Crippen MR) is 116 cm³/mol. The van der Waals surface area contributed by atoms with Crippen LogP contribution in [-0.2, 0) is 13.6 Å². The molecule has 0 bridgehead atoms. The normalized spacial score (nSPS) is 13.7. The van der Waals surface area contributed by atoms with Crippen molar-refractivity contribution >= 4 is 7.82 Å². The molecular formula is C22H47O4P. The van der Waals surface area contributed by atoms with Crippen LogP contribution in [0.3, 0.4) is 0 Å². The maximum absolute atomic E-state index is 11.6. The average Bonchev–Trinajstić information content (AvgIpc) is 2.64. The second-order valence-corrected chi connectivity index (χ2v) is 9.25. The van der Waals surface area contributed by atoms with Gasteiger partial charge in [0, 0.05) is 0 Å². The summed E-state index contributed by atoms with van der Waals surface area (Å²) < 4.78 is 21.4. The first-order valence-corrected chi connectivity index (χ1v) is 13.2. The van der Waals surface area contributed by atoms with E-state index in [0.29, 0.717) is 13.2 Å². The molecule has 0 aromatic heterocycles. The van der Waals surface area contributed by atoms with Crippen molar-refractivity contribution in [3.05, 3.63) is 0 Å². The van der Waals surface area contributed by atoms with Crippen LogP contribution >= 0.6 is 7.82 Å². The van der Waals surface area contributed by atoms with Crippen LogP contribution in [-0.4, -0.2) is 18.1 Å². The fourth-order valence-electron chi connectivity index (χ4n) is 3.19. The van der Waals surface area contributed by atoms with Gasteiger partial charge in [0.25, 0.3) is 0 Å². The molecule has 0 aliphatic carbocycles. The van der Waals surface area contributed by atoms with E-state index in [4.69, 9.17) is 9.05 Å². The van der Waals surface area contributed by atoms with E-state index in [0.717, 1.165) is 25.7 Å². The van der Waals surface area contributed by atoms with Crippen molar-refractivity contribution in [1.29, 1.82) is 0 Å².